The maximum absolute atomic E-state index is 6.16. The summed E-state index contributed by atoms with van der Waals surface area (Å²) >= 11 is 24.1. The van der Waals surface area contributed by atoms with Crippen molar-refractivity contribution >= 4 is 46.4 Å². The maximum Gasteiger partial charge on any atom is 0.0607 e. The van der Waals surface area contributed by atoms with E-state index in [1.807, 2.05) is 12.1 Å². The van der Waals surface area contributed by atoms with Gasteiger partial charge in [0.05, 0.1) is 10.0 Å². The third-order valence-corrected chi connectivity index (χ3v) is 3.99. The first kappa shape index (κ1) is 14.0. The van der Waals surface area contributed by atoms with Gasteiger partial charge in [-0.25, -0.2) is 0 Å². The first-order chi connectivity index (χ1) is 8.52. The molecule has 0 heterocycles. The van der Waals surface area contributed by atoms with Crippen molar-refractivity contribution in [2.45, 2.75) is 6.54 Å². The van der Waals surface area contributed by atoms with E-state index in [1.54, 1.807) is 18.2 Å². The van der Waals surface area contributed by atoms with E-state index < -0.39 is 0 Å². The van der Waals surface area contributed by atoms with Crippen LogP contribution in [0.1, 0.15) is 5.56 Å². The molecular weight excluding hydrogens is 312 g/mol. The topological polar surface area (TPSA) is 26.0 Å². The van der Waals surface area contributed by atoms with Crippen LogP contribution in [0.4, 0.5) is 0 Å². The summed E-state index contributed by atoms with van der Waals surface area (Å²) in [7, 11) is 0. The van der Waals surface area contributed by atoms with Crippen LogP contribution in [0.25, 0.3) is 11.1 Å². The predicted molar refractivity (Wildman–Crippen MR) is 79.8 cm³/mol. The second-order valence-corrected chi connectivity index (χ2v) is 5.39. The van der Waals surface area contributed by atoms with Crippen LogP contribution in [-0.2, 0) is 6.54 Å². The Kier molecular flexibility index (Phi) is 4.41. The van der Waals surface area contributed by atoms with Gasteiger partial charge in [0, 0.05) is 22.2 Å². The second-order valence-electron chi connectivity index (χ2n) is 3.76. The van der Waals surface area contributed by atoms with E-state index in [4.69, 9.17) is 52.1 Å². The van der Waals surface area contributed by atoms with Gasteiger partial charge in [0.1, 0.15) is 0 Å². The zero-order valence-corrected chi connectivity index (χ0v) is 12.2. The van der Waals surface area contributed by atoms with Crippen LogP contribution >= 0.6 is 46.4 Å². The third kappa shape index (κ3) is 2.76. The van der Waals surface area contributed by atoms with Crippen molar-refractivity contribution in [1.82, 2.24) is 0 Å². The molecule has 0 spiro atoms. The minimum atomic E-state index is 0.367. The number of rotatable bonds is 2. The molecule has 0 atom stereocenters. The van der Waals surface area contributed by atoms with Gasteiger partial charge < -0.3 is 5.73 Å². The first-order valence-electron chi connectivity index (χ1n) is 5.16. The number of halogens is 4. The van der Waals surface area contributed by atoms with E-state index in [1.165, 1.54) is 0 Å². The minimum Gasteiger partial charge on any atom is -0.326 e. The molecule has 1 nitrogen and oxygen atoms in total. The average Bonchev–Trinajstić information content (AvgIpc) is 2.35. The Morgan fingerprint density at radius 2 is 1.44 bits per heavy atom. The molecule has 0 aliphatic carbocycles. The fourth-order valence-electron chi connectivity index (χ4n) is 1.64. The third-order valence-electron chi connectivity index (χ3n) is 2.59. The molecular formula is C13H9Cl4N. The van der Waals surface area contributed by atoms with Crippen LogP contribution in [0.2, 0.25) is 20.1 Å². The van der Waals surface area contributed by atoms with E-state index in [0.717, 1.165) is 16.7 Å². The van der Waals surface area contributed by atoms with Crippen LogP contribution in [0.5, 0.6) is 0 Å². The van der Waals surface area contributed by atoms with Gasteiger partial charge in [-0.2, -0.15) is 0 Å². The molecule has 2 rings (SSSR count). The largest absolute Gasteiger partial charge is 0.326 e. The Balaban J connectivity index is 2.58. The lowest BCUT2D eigenvalue weighted by Crippen LogP contribution is -1.97. The van der Waals surface area contributed by atoms with E-state index in [2.05, 4.69) is 0 Å². The Labute approximate surface area is 125 Å². The first-order valence-corrected chi connectivity index (χ1v) is 6.67. The molecule has 0 aromatic heterocycles. The predicted octanol–water partition coefficient (Wildman–Crippen LogP) is 5.43. The summed E-state index contributed by atoms with van der Waals surface area (Å²) in [5, 5.41) is 2.06. The summed E-state index contributed by atoms with van der Waals surface area (Å²) in [6.07, 6.45) is 0. The van der Waals surface area contributed by atoms with Gasteiger partial charge in [-0.3, -0.25) is 0 Å². The molecule has 0 aliphatic heterocycles. The van der Waals surface area contributed by atoms with Crippen molar-refractivity contribution in [3.63, 3.8) is 0 Å². The number of hydrogen-bond acceptors (Lipinski definition) is 1. The Morgan fingerprint density at radius 3 is 2.11 bits per heavy atom. The highest BCUT2D eigenvalue weighted by molar-refractivity contribution is 6.44. The zero-order valence-electron chi connectivity index (χ0n) is 9.18. The van der Waals surface area contributed by atoms with E-state index in [0.29, 0.717) is 26.6 Å². The molecule has 2 N–H and O–H groups in total. The molecule has 0 bridgehead atoms. The van der Waals surface area contributed by atoms with E-state index in [-0.39, 0.29) is 0 Å². The molecule has 94 valence electrons. The molecule has 0 unspecified atom stereocenters. The van der Waals surface area contributed by atoms with Gasteiger partial charge in [-0.1, -0.05) is 52.5 Å². The summed E-state index contributed by atoms with van der Waals surface area (Å²) in [5.74, 6) is 0. The van der Waals surface area contributed by atoms with Crippen LogP contribution in [0.3, 0.4) is 0 Å². The molecule has 2 aromatic carbocycles. The van der Waals surface area contributed by atoms with Gasteiger partial charge in [0.15, 0.2) is 0 Å². The lowest BCUT2D eigenvalue weighted by molar-refractivity contribution is 1.07. The van der Waals surface area contributed by atoms with E-state index >= 15 is 0 Å². The quantitative estimate of drug-likeness (QED) is 0.734. The van der Waals surface area contributed by atoms with Crippen molar-refractivity contribution in [1.29, 1.82) is 0 Å². The summed E-state index contributed by atoms with van der Waals surface area (Å²) in [5.41, 5.74) is 8.19. The van der Waals surface area contributed by atoms with Gasteiger partial charge >= 0.3 is 0 Å². The molecule has 18 heavy (non-hydrogen) atoms. The van der Waals surface area contributed by atoms with Gasteiger partial charge in [-0.15, -0.1) is 0 Å². The Morgan fingerprint density at radius 1 is 0.778 bits per heavy atom. The number of nitrogens with two attached hydrogens (primary N) is 1. The SMILES string of the molecule is NCc1cc(-c2cc(Cl)c(Cl)cc2Cl)ccc1Cl. The molecule has 0 fully saturated rings. The van der Waals surface area contributed by atoms with Crippen molar-refractivity contribution in [3.05, 3.63) is 56.0 Å². The summed E-state index contributed by atoms with van der Waals surface area (Å²) in [4.78, 5) is 0. The molecule has 5 heteroatoms. The van der Waals surface area contributed by atoms with Crippen molar-refractivity contribution < 1.29 is 0 Å². The monoisotopic (exact) mass is 319 g/mol. The molecule has 2 aromatic rings. The fourth-order valence-corrected chi connectivity index (χ4v) is 2.49. The van der Waals surface area contributed by atoms with Crippen molar-refractivity contribution in [2.24, 2.45) is 5.73 Å². The lowest BCUT2D eigenvalue weighted by atomic mass is 10.0. The summed E-state index contributed by atoms with van der Waals surface area (Å²) in [6, 6.07) is 8.91. The zero-order chi connectivity index (χ0) is 13.3. The van der Waals surface area contributed by atoms with Crippen LogP contribution < -0.4 is 5.73 Å². The number of benzene rings is 2. The second kappa shape index (κ2) is 5.68. The summed E-state index contributed by atoms with van der Waals surface area (Å²) in [6.45, 7) is 0.367. The fraction of sp³-hybridized carbons (Fsp3) is 0.0769. The smallest absolute Gasteiger partial charge is 0.0607 e. The van der Waals surface area contributed by atoms with Gasteiger partial charge in [-0.05, 0) is 35.4 Å². The average molecular weight is 321 g/mol. The standard InChI is InChI=1S/C13H9Cl4N/c14-10-2-1-7(3-8(10)6-18)9-4-12(16)13(17)5-11(9)15/h1-5H,6,18H2. The molecule has 0 saturated carbocycles. The van der Waals surface area contributed by atoms with Crippen LogP contribution in [-0.4, -0.2) is 0 Å². The maximum atomic E-state index is 6.16. The molecule has 0 amide bonds. The Hall–Kier alpha value is -0.440. The minimum absolute atomic E-state index is 0.367. The van der Waals surface area contributed by atoms with Crippen LogP contribution in [0.15, 0.2) is 30.3 Å². The Bertz CT molecular complexity index is 596. The van der Waals surface area contributed by atoms with E-state index in [9.17, 15) is 0 Å². The van der Waals surface area contributed by atoms with Crippen molar-refractivity contribution in [2.75, 3.05) is 0 Å². The highest BCUT2D eigenvalue weighted by Gasteiger charge is 2.09. The normalized spacial score (nSPS) is 10.7. The molecule has 0 saturated heterocycles. The highest BCUT2D eigenvalue weighted by atomic mass is 35.5. The van der Waals surface area contributed by atoms with Gasteiger partial charge in [0.25, 0.3) is 0 Å². The molecule has 0 radical (unpaired) electrons. The van der Waals surface area contributed by atoms with Gasteiger partial charge in [0.2, 0.25) is 0 Å². The highest BCUT2D eigenvalue weighted by Crippen LogP contribution is 2.36. The van der Waals surface area contributed by atoms with Crippen molar-refractivity contribution in [3.8, 4) is 11.1 Å². The molecule has 0 aliphatic rings. The summed E-state index contributed by atoms with van der Waals surface area (Å²) < 4.78 is 0. The van der Waals surface area contributed by atoms with Crippen LogP contribution in [0, 0.1) is 0 Å². The lowest BCUT2D eigenvalue weighted by Gasteiger charge is -2.09. The number of hydrogen-bond donors (Lipinski definition) is 1.